The van der Waals surface area contributed by atoms with Crippen LogP contribution in [0.2, 0.25) is 0 Å². The number of carbonyl (C=O) groups excluding carboxylic acids is 2. The molecule has 0 aromatic rings. The fraction of sp³-hybridized carbons (Fsp3) is 0.871. The molecule has 6 nitrogen and oxygen atoms in total. The molecule has 0 aliphatic heterocycles. The van der Waals surface area contributed by atoms with Gasteiger partial charge in [0.15, 0.2) is 0 Å². The van der Waals surface area contributed by atoms with Gasteiger partial charge >= 0.3 is 5.97 Å². The first-order valence-electron chi connectivity index (χ1n) is 30.3. The quantitative estimate of drug-likeness (QED) is 0.0321. The van der Waals surface area contributed by atoms with Gasteiger partial charge in [0.05, 0.1) is 25.4 Å². The van der Waals surface area contributed by atoms with Crippen molar-refractivity contribution in [2.75, 3.05) is 13.2 Å². The fourth-order valence-electron chi connectivity index (χ4n) is 9.21. The van der Waals surface area contributed by atoms with Crippen LogP contribution in [0.15, 0.2) is 36.5 Å². The van der Waals surface area contributed by atoms with Crippen molar-refractivity contribution in [2.45, 2.75) is 334 Å². The van der Waals surface area contributed by atoms with Gasteiger partial charge in [-0.15, -0.1) is 0 Å². The summed E-state index contributed by atoms with van der Waals surface area (Å²) in [5.41, 5.74) is 0. The van der Waals surface area contributed by atoms with Gasteiger partial charge in [0.25, 0.3) is 0 Å². The summed E-state index contributed by atoms with van der Waals surface area (Å²) in [7, 11) is 0. The molecule has 400 valence electrons. The number of unbranched alkanes of at least 4 members (excludes halogenated alkanes) is 41. The number of aliphatic hydroxyl groups is 2. The maximum atomic E-state index is 12.5. The molecule has 0 aliphatic rings. The Morgan fingerprint density at radius 1 is 0.397 bits per heavy atom. The van der Waals surface area contributed by atoms with Crippen LogP contribution in [0.25, 0.3) is 0 Å². The standard InChI is InChI=1S/C62H117NO5/c1-3-5-7-9-11-13-15-17-19-21-23-25-26-28-30-34-38-42-46-50-54-60(65)59(58-64)63-61(66)55-51-47-43-39-35-32-33-37-41-45-49-53-57-68-62(67)56-52-48-44-40-36-31-29-27-24-22-20-18-16-14-12-10-8-6-4-2/h18,20,33,37,50,54,59-60,64-65H,3-17,19,21-32,34-36,38-49,51-53,55-58H2,1-2H3,(H,63,66)/b20-18-,37-33-,54-50+. The Balaban J connectivity index is 3.51. The highest BCUT2D eigenvalue weighted by atomic mass is 16.5. The van der Waals surface area contributed by atoms with E-state index in [1.807, 2.05) is 6.08 Å². The average molecular weight is 957 g/mol. The lowest BCUT2D eigenvalue weighted by Gasteiger charge is -2.20. The van der Waals surface area contributed by atoms with Crippen LogP contribution in [0.3, 0.4) is 0 Å². The number of carbonyl (C=O) groups is 2. The summed E-state index contributed by atoms with van der Waals surface area (Å²) in [5, 5.41) is 23.2. The molecule has 0 rings (SSSR count). The predicted molar refractivity (Wildman–Crippen MR) is 296 cm³/mol. The second-order valence-electron chi connectivity index (χ2n) is 20.7. The van der Waals surface area contributed by atoms with Gasteiger partial charge in [-0.05, 0) is 89.9 Å². The summed E-state index contributed by atoms with van der Waals surface area (Å²) in [6.07, 6.45) is 71.7. The lowest BCUT2D eigenvalue weighted by Crippen LogP contribution is -2.45. The SMILES string of the molecule is CCCCCCCC/C=C\CCCCCCCCCCCC(=O)OCCCCC/C=C\CCCCCCCC(=O)NC(CO)C(O)/C=C/CCCCCCCCCCCCCCCCCCCC. The third-order valence-corrected chi connectivity index (χ3v) is 13.9. The minimum absolute atomic E-state index is 0.0245. The normalized spacial score (nSPS) is 12.8. The van der Waals surface area contributed by atoms with Gasteiger partial charge in [0.2, 0.25) is 5.91 Å². The molecule has 0 saturated carbocycles. The van der Waals surface area contributed by atoms with E-state index in [0.29, 0.717) is 19.4 Å². The van der Waals surface area contributed by atoms with Crippen molar-refractivity contribution < 1.29 is 24.5 Å². The molecule has 0 radical (unpaired) electrons. The molecule has 0 bridgehead atoms. The molecule has 0 aromatic heterocycles. The third-order valence-electron chi connectivity index (χ3n) is 13.9. The van der Waals surface area contributed by atoms with Crippen LogP contribution in [0.4, 0.5) is 0 Å². The zero-order valence-corrected chi connectivity index (χ0v) is 45.6. The van der Waals surface area contributed by atoms with E-state index in [0.717, 1.165) is 83.5 Å². The first-order valence-corrected chi connectivity index (χ1v) is 30.3. The molecule has 0 saturated heterocycles. The lowest BCUT2D eigenvalue weighted by atomic mass is 10.0. The minimum atomic E-state index is -0.862. The Kier molecular flexibility index (Phi) is 56.0. The zero-order chi connectivity index (χ0) is 49.3. The highest BCUT2D eigenvalue weighted by Gasteiger charge is 2.18. The number of allylic oxidation sites excluding steroid dienone is 5. The van der Waals surface area contributed by atoms with Crippen molar-refractivity contribution >= 4 is 11.9 Å². The zero-order valence-electron chi connectivity index (χ0n) is 45.6. The molecule has 0 heterocycles. The largest absolute Gasteiger partial charge is 0.466 e. The van der Waals surface area contributed by atoms with Gasteiger partial charge in [-0.2, -0.15) is 0 Å². The summed E-state index contributed by atoms with van der Waals surface area (Å²) in [5.74, 6) is -0.116. The maximum Gasteiger partial charge on any atom is 0.305 e. The first kappa shape index (κ1) is 66.1. The van der Waals surface area contributed by atoms with Crippen LogP contribution in [-0.2, 0) is 14.3 Å². The summed E-state index contributed by atoms with van der Waals surface area (Å²) in [6, 6.07) is -0.648. The van der Waals surface area contributed by atoms with Crippen LogP contribution < -0.4 is 5.32 Å². The summed E-state index contributed by atoms with van der Waals surface area (Å²) in [6.45, 7) is 4.86. The molecular weight excluding hydrogens is 839 g/mol. The lowest BCUT2D eigenvalue weighted by molar-refractivity contribution is -0.143. The van der Waals surface area contributed by atoms with E-state index in [1.54, 1.807) is 6.08 Å². The summed E-state index contributed by atoms with van der Waals surface area (Å²) >= 11 is 0. The van der Waals surface area contributed by atoms with Gasteiger partial charge in [-0.25, -0.2) is 0 Å². The van der Waals surface area contributed by atoms with Crippen molar-refractivity contribution in [3.63, 3.8) is 0 Å². The molecule has 3 N–H and O–H groups in total. The number of hydrogen-bond donors (Lipinski definition) is 3. The van der Waals surface area contributed by atoms with Crippen molar-refractivity contribution in [3.05, 3.63) is 36.5 Å². The molecule has 0 aliphatic carbocycles. The molecule has 0 spiro atoms. The van der Waals surface area contributed by atoms with E-state index in [4.69, 9.17) is 4.74 Å². The van der Waals surface area contributed by atoms with E-state index < -0.39 is 12.1 Å². The summed E-state index contributed by atoms with van der Waals surface area (Å²) < 4.78 is 5.47. The highest BCUT2D eigenvalue weighted by Crippen LogP contribution is 2.17. The van der Waals surface area contributed by atoms with Gasteiger partial charge in [0.1, 0.15) is 0 Å². The number of rotatable bonds is 56. The Labute approximate surface area is 424 Å². The molecule has 68 heavy (non-hydrogen) atoms. The monoisotopic (exact) mass is 956 g/mol. The van der Waals surface area contributed by atoms with Crippen molar-refractivity contribution in [1.82, 2.24) is 5.32 Å². The molecular formula is C62H117NO5. The highest BCUT2D eigenvalue weighted by molar-refractivity contribution is 5.76. The van der Waals surface area contributed by atoms with Crippen molar-refractivity contribution in [2.24, 2.45) is 0 Å². The van der Waals surface area contributed by atoms with Crippen LogP contribution in [0, 0.1) is 0 Å². The van der Waals surface area contributed by atoms with E-state index in [-0.39, 0.29) is 18.5 Å². The molecule has 6 heteroatoms. The van der Waals surface area contributed by atoms with Gasteiger partial charge in [0, 0.05) is 12.8 Å². The van der Waals surface area contributed by atoms with Crippen LogP contribution in [0.1, 0.15) is 322 Å². The number of amides is 1. The summed E-state index contributed by atoms with van der Waals surface area (Å²) in [4.78, 5) is 24.6. The smallest absolute Gasteiger partial charge is 0.305 e. The maximum absolute atomic E-state index is 12.5. The third kappa shape index (κ3) is 53.4. The van der Waals surface area contributed by atoms with E-state index in [1.165, 1.54) is 212 Å². The van der Waals surface area contributed by atoms with Crippen molar-refractivity contribution in [3.8, 4) is 0 Å². The topological polar surface area (TPSA) is 95.9 Å². The second kappa shape index (κ2) is 57.7. The predicted octanol–water partition coefficient (Wildman–Crippen LogP) is 18.8. The number of hydrogen-bond acceptors (Lipinski definition) is 5. The molecule has 2 atom stereocenters. The van der Waals surface area contributed by atoms with E-state index >= 15 is 0 Å². The number of ether oxygens (including phenoxy) is 1. The Hall–Kier alpha value is -1.92. The molecule has 1 amide bonds. The van der Waals surface area contributed by atoms with Gasteiger partial charge in [-0.3, -0.25) is 9.59 Å². The molecule has 0 aromatic carbocycles. The second-order valence-corrected chi connectivity index (χ2v) is 20.7. The molecule has 0 fully saturated rings. The Bertz CT molecular complexity index is 1100. The number of nitrogens with one attached hydrogen (secondary N) is 1. The van der Waals surface area contributed by atoms with Gasteiger partial charge in [-0.1, -0.05) is 256 Å². The first-order chi connectivity index (χ1) is 33.5. The molecule has 2 unspecified atom stereocenters. The minimum Gasteiger partial charge on any atom is -0.466 e. The Morgan fingerprint density at radius 3 is 1.04 bits per heavy atom. The number of aliphatic hydroxyl groups excluding tert-OH is 2. The average Bonchev–Trinajstić information content (AvgIpc) is 3.34. The fourth-order valence-corrected chi connectivity index (χ4v) is 9.21. The van der Waals surface area contributed by atoms with Gasteiger partial charge < -0.3 is 20.3 Å². The van der Waals surface area contributed by atoms with Crippen LogP contribution in [-0.4, -0.2) is 47.4 Å². The Morgan fingerprint density at radius 2 is 0.691 bits per heavy atom. The number of esters is 1. The van der Waals surface area contributed by atoms with Crippen molar-refractivity contribution in [1.29, 1.82) is 0 Å². The van der Waals surface area contributed by atoms with Crippen LogP contribution >= 0.6 is 0 Å². The van der Waals surface area contributed by atoms with E-state index in [9.17, 15) is 19.8 Å². The van der Waals surface area contributed by atoms with Crippen LogP contribution in [0.5, 0.6) is 0 Å². The van der Waals surface area contributed by atoms with E-state index in [2.05, 4.69) is 43.5 Å².